The number of rotatable bonds is 5. The van der Waals surface area contributed by atoms with Crippen LogP contribution in [0.4, 0.5) is 17.6 Å². The predicted molar refractivity (Wildman–Crippen MR) is 83.0 cm³/mol. The average Bonchev–Trinajstić information content (AvgIpc) is 2.52. The monoisotopic (exact) mass is 397 g/mol. The molecule has 0 amide bonds. The zero-order valence-corrected chi connectivity index (χ0v) is 14.0. The van der Waals surface area contributed by atoms with Gasteiger partial charge in [-0.3, -0.25) is 0 Å². The van der Waals surface area contributed by atoms with Crippen molar-refractivity contribution < 1.29 is 31.1 Å². The zero-order chi connectivity index (χ0) is 18.9. The van der Waals surface area contributed by atoms with Gasteiger partial charge in [0, 0.05) is 0 Å². The van der Waals surface area contributed by atoms with Gasteiger partial charge < -0.3 is 5.11 Å². The van der Waals surface area contributed by atoms with Gasteiger partial charge in [0.05, 0.1) is 11.6 Å². The first kappa shape index (κ1) is 19.6. The number of hydrogen-bond acceptors (Lipinski definition) is 3. The largest absolute Gasteiger partial charge is 0.422 e. The van der Waals surface area contributed by atoms with Crippen molar-refractivity contribution in [3.8, 4) is 0 Å². The number of halogens is 5. The van der Waals surface area contributed by atoms with E-state index in [1.807, 2.05) is 0 Å². The quantitative estimate of drug-likeness (QED) is 0.761. The highest BCUT2D eigenvalue weighted by Gasteiger charge is 2.55. The maximum absolute atomic E-state index is 13.7. The van der Waals surface area contributed by atoms with Gasteiger partial charge in [-0.05, 0) is 17.7 Å². The summed E-state index contributed by atoms with van der Waals surface area (Å²) in [5.74, 6) is -1.23. The number of aliphatic hydroxyl groups is 1. The number of benzene rings is 2. The summed E-state index contributed by atoms with van der Waals surface area (Å²) in [6, 6.07) is 8.97. The lowest BCUT2D eigenvalue weighted by Crippen LogP contribution is -2.51. The van der Waals surface area contributed by atoms with E-state index in [2.05, 4.69) is 0 Å². The number of hydrogen-bond donors (Lipinski definition) is 2. The third kappa shape index (κ3) is 3.95. The van der Waals surface area contributed by atoms with Gasteiger partial charge in [-0.1, -0.05) is 48.0 Å². The van der Waals surface area contributed by atoms with E-state index < -0.39 is 49.6 Å². The van der Waals surface area contributed by atoms with Crippen LogP contribution in [0, 0.1) is 5.82 Å². The summed E-state index contributed by atoms with van der Waals surface area (Å²) in [4.78, 5) is -0.991. The fraction of sp³-hybridized carbons (Fsp3) is 0.200. The summed E-state index contributed by atoms with van der Waals surface area (Å²) in [6.45, 7) is -1.45. The van der Waals surface area contributed by atoms with Crippen molar-refractivity contribution in [2.45, 2.75) is 16.7 Å². The lowest BCUT2D eigenvalue weighted by Gasteiger charge is -2.31. The number of alkyl halides is 3. The minimum Gasteiger partial charge on any atom is -0.375 e. The molecule has 0 aliphatic rings. The molecule has 2 N–H and O–H groups in total. The van der Waals surface area contributed by atoms with Gasteiger partial charge in [0.2, 0.25) is 10.0 Å². The molecule has 0 aliphatic heterocycles. The number of nitrogens with one attached hydrogen (secondary N) is 1. The van der Waals surface area contributed by atoms with Crippen LogP contribution in [0.1, 0.15) is 5.56 Å². The van der Waals surface area contributed by atoms with E-state index in [0.717, 1.165) is 30.3 Å². The van der Waals surface area contributed by atoms with Gasteiger partial charge in [-0.2, -0.15) is 13.2 Å². The fourth-order valence-electron chi connectivity index (χ4n) is 2.09. The Bertz CT molecular complexity index is 839. The second-order valence-electron chi connectivity index (χ2n) is 5.10. The van der Waals surface area contributed by atoms with E-state index in [1.54, 1.807) is 4.72 Å². The molecule has 4 nitrogen and oxygen atoms in total. The zero-order valence-electron chi connectivity index (χ0n) is 12.4. The first-order valence-corrected chi connectivity index (χ1v) is 8.63. The number of sulfonamides is 1. The van der Waals surface area contributed by atoms with Crippen molar-refractivity contribution in [1.82, 2.24) is 4.72 Å². The molecule has 0 heterocycles. The van der Waals surface area contributed by atoms with Crippen LogP contribution >= 0.6 is 11.6 Å². The molecule has 2 aromatic carbocycles. The third-order valence-corrected chi connectivity index (χ3v) is 5.33. The van der Waals surface area contributed by atoms with Gasteiger partial charge in [-0.15, -0.1) is 0 Å². The van der Waals surface area contributed by atoms with Crippen LogP contribution < -0.4 is 4.72 Å². The van der Waals surface area contributed by atoms with Crippen LogP contribution in [0.2, 0.25) is 5.02 Å². The molecule has 0 bridgehead atoms. The van der Waals surface area contributed by atoms with Crippen molar-refractivity contribution in [3.05, 3.63) is 64.9 Å². The second-order valence-corrected chi connectivity index (χ2v) is 7.21. The molecule has 1 atom stereocenters. The maximum Gasteiger partial charge on any atom is 0.422 e. The molecule has 0 fully saturated rings. The summed E-state index contributed by atoms with van der Waals surface area (Å²) in [5.41, 5.74) is -4.07. The lowest BCUT2D eigenvalue weighted by molar-refractivity contribution is -0.263. The van der Waals surface area contributed by atoms with Crippen LogP contribution in [0.25, 0.3) is 0 Å². The maximum atomic E-state index is 13.7. The van der Waals surface area contributed by atoms with Crippen LogP contribution in [-0.2, 0) is 15.6 Å². The summed E-state index contributed by atoms with van der Waals surface area (Å²) in [5, 5.41) is 9.59. The normalized spacial score (nSPS) is 15.0. The van der Waals surface area contributed by atoms with E-state index >= 15 is 0 Å². The Morgan fingerprint density at radius 3 is 2.16 bits per heavy atom. The third-order valence-electron chi connectivity index (χ3n) is 3.43. The molecule has 1 unspecified atom stereocenters. The molecular formula is C15H12ClF4NO3S. The predicted octanol–water partition coefficient (Wildman–Crippen LogP) is 3.21. The first-order chi connectivity index (χ1) is 11.5. The Balaban J connectivity index is 2.39. The Hall–Kier alpha value is -1.68. The van der Waals surface area contributed by atoms with E-state index in [-0.39, 0.29) is 0 Å². The summed E-state index contributed by atoms with van der Waals surface area (Å²) in [7, 11) is -4.74. The molecule has 2 aromatic rings. The molecule has 10 heteroatoms. The Kier molecular flexibility index (Phi) is 5.43. The smallest absolute Gasteiger partial charge is 0.375 e. The minimum absolute atomic E-state index is 0.497. The molecule has 136 valence electrons. The van der Waals surface area contributed by atoms with Gasteiger partial charge in [0.15, 0.2) is 5.60 Å². The molecule has 0 spiro atoms. The van der Waals surface area contributed by atoms with Crippen molar-refractivity contribution >= 4 is 21.6 Å². The summed E-state index contributed by atoms with van der Waals surface area (Å²) < 4.78 is 79.7. The van der Waals surface area contributed by atoms with Gasteiger partial charge in [0.1, 0.15) is 10.7 Å². The van der Waals surface area contributed by atoms with E-state index in [4.69, 9.17) is 11.6 Å². The summed E-state index contributed by atoms with van der Waals surface area (Å²) in [6.07, 6.45) is -5.18. The van der Waals surface area contributed by atoms with Crippen LogP contribution in [0.3, 0.4) is 0 Å². The Morgan fingerprint density at radius 2 is 1.64 bits per heavy atom. The molecular weight excluding hydrogens is 386 g/mol. The topological polar surface area (TPSA) is 66.4 Å². The van der Waals surface area contributed by atoms with Crippen LogP contribution in [0.15, 0.2) is 53.4 Å². The second kappa shape index (κ2) is 6.91. The molecule has 25 heavy (non-hydrogen) atoms. The molecule has 0 radical (unpaired) electrons. The molecule has 2 rings (SSSR count). The highest BCUT2D eigenvalue weighted by Crippen LogP contribution is 2.38. The standard InChI is InChI=1S/C15H12ClF4NO3S/c16-11-7-4-8-12(17)13(11)25(23,24)21-9-14(22,15(18,19)20)10-5-2-1-3-6-10/h1-8,21-22H,9H2. The molecule has 0 aromatic heterocycles. The van der Waals surface area contributed by atoms with Crippen molar-refractivity contribution in [1.29, 1.82) is 0 Å². The van der Waals surface area contributed by atoms with Gasteiger partial charge >= 0.3 is 6.18 Å². The fourth-order valence-corrected chi connectivity index (χ4v) is 3.75. The van der Waals surface area contributed by atoms with E-state index in [9.17, 15) is 31.1 Å². The van der Waals surface area contributed by atoms with E-state index in [0.29, 0.717) is 0 Å². The molecule has 0 saturated heterocycles. The summed E-state index contributed by atoms with van der Waals surface area (Å²) >= 11 is 5.63. The first-order valence-electron chi connectivity index (χ1n) is 6.77. The van der Waals surface area contributed by atoms with Crippen LogP contribution in [-0.4, -0.2) is 26.2 Å². The Morgan fingerprint density at radius 1 is 1.04 bits per heavy atom. The van der Waals surface area contributed by atoms with Crippen molar-refractivity contribution in [2.75, 3.05) is 6.54 Å². The average molecular weight is 398 g/mol. The van der Waals surface area contributed by atoms with Crippen molar-refractivity contribution in [3.63, 3.8) is 0 Å². The van der Waals surface area contributed by atoms with E-state index in [1.165, 1.54) is 18.2 Å². The molecule has 0 aliphatic carbocycles. The Labute approximate surface area is 146 Å². The van der Waals surface area contributed by atoms with Crippen LogP contribution in [0.5, 0.6) is 0 Å². The highest BCUT2D eigenvalue weighted by atomic mass is 35.5. The van der Waals surface area contributed by atoms with Crippen molar-refractivity contribution in [2.24, 2.45) is 0 Å². The van der Waals surface area contributed by atoms with Gasteiger partial charge in [0.25, 0.3) is 0 Å². The minimum atomic E-state index is -5.18. The SMILES string of the molecule is O=S(=O)(NCC(O)(c1ccccc1)C(F)(F)F)c1c(F)cccc1Cl. The van der Waals surface area contributed by atoms with Gasteiger partial charge in [-0.25, -0.2) is 17.5 Å². The highest BCUT2D eigenvalue weighted by molar-refractivity contribution is 7.89. The lowest BCUT2D eigenvalue weighted by atomic mass is 9.93. The molecule has 0 saturated carbocycles.